The van der Waals surface area contributed by atoms with Gasteiger partial charge in [0.1, 0.15) is 0 Å². The Morgan fingerprint density at radius 3 is 2.70 bits per heavy atom. The van der Waals surface area contributed by atoms with E-state index in [2.05, 4.69) is 27.3 Å². The van der Waals surface area contributed by atoms with Crippen LogP contribution in [0.15, 0.2) is 46.9 Å². The fraction of sp³-hybridized carbons (Fsp3) is 0.364. The normalized spacial score (nSPS) is 16.0. The maximum absolute atomic E-state index is 12.3. The van der Waals surface area contributed by atoms with Crippen LogP contribution in [0.4, 0.5) is 5.69 Å². The Morgan fingerprint density at radius 1 is 1.11 bits per heavy atom. The first kappa shape index (κ1) is 18.2. The number of benzene rings is 2. The summed E-state index contributed by atoms with van der Waals surface area (Å²) in [5.74, 6) is 0.558. The molecule has 140 valence electrons. The number of hydrogen-bond acceptors (Lipinski definition) is 2. The number of hydrogen-bond donors (Lipinski definition) is 1. The first-order valence-electron chi connectivity index (χ1n) is 9.54. The largest absolute Gasteiger partial charge is 0.338 e. The second-order valence-corrected chi connectivity index (χ2v) is 8.26. The molecule has 2 aromatic rings. The van der Waals surface area contributed by atoms with Crippen molar-refractivity contribution >= 4 is 33.4 Å². The fourth-order valence-electron chi connectivity index (χ4n) is 3.58. The maximum atomic E-state index is 12.3. The van der Waals surface area contributed by atoms with Crippen molar-refractivity contribution in [1.29, 1.82) is 0 Å². The molecule has 4 rings (SSSR count). The number of aryl methyl sites for hydroxylation is 1. The smallest absolute Gasteiger partial charge is 0.225 e. The average Bonchev–Trinajstić information content (AvgIpc) is 3.51. The van der Waals surface area contributed by atoms with Gasteiger partial charge in [-0.25, -0.2) is 0 Å². The summed E-state index contributed by atoms with van der Waals surface area (Å²) in [6.07, 6.45) is 4.10. The molecule has 4 nitrogen and oxygen atoms in total. The second kappa shape index (κ2) is 7.85. The van der Waals surface area contributed by atoms with Gasteiger partial charge in [-0.1, -0.05) is 40.2 Å². The zero-order chi connectivity index (χ0) is 18.8. The van der Waals surface area contributed by atoms with Crippen LogP contribution in [0, 0.1) is 5.92 Å². The van der Waals surface area contributed by atoms with Crippen LogP contribution in [0.1, 0.15) is 36.0 Å². The van der Waals surface area contributed by atoms with Crippen molar-refractivity contribution in [3.63, 3.8) is 0 Å². The Morgan fingerprint density at radius 2 is 1.93 bits per heavy atom. The van der Waals surface area contributed by atoms with E-state index in [4.69, 9.17) is 0 Å². The molecule has 1 N–H and O–H groups in total. The topological polar surface area (TPSA) is 49.4 Å². The van der Waals surface area contributed by atoms with Gasteiger partial charge >= 0.3 is 0 Å². The molecular weight excluding hydrogens is 404 g/mol. The highest BCUT2D eigenvalue weighted by Crippen LogP contribution is 2.33. The lowest BCUT2D eigenvalue weighted by atomic mass is 9.98. The molecule has 1 heterocycles. The number of amides is 2. The Balaban J connectivity index is 1.37. The van der Waals surface area contributed by atoms with Crippen molar-refractivity contribution in [1.82, 2.24) is 4.90 Å². The average molecular weight is 427 g/mol. The molecule has 2 amide bonds. The minimum absolute atomic E-state index is 0.00688. The van der Waals surface area contributed by atoms with Gasteiger partial charge in [0.25, 0.3) is 0 Å². The first-order chi connectivity index (χ1) is 13.1. The molecule has 5 heteroatoms. The minimum atomic E-state index is 0.00688. The van der Waals surface area contributed by atoms with Crippen molar-refractivity contribution in [2.45, 2.75) is 38.6 Å². The van der Waals surface area contributed by atoms with E-state index in [1.807, 2.05) is 41.3 Å². The summed E-state index contributed by atoms with van der Waals surface area (Å²) < 4.78 is 1.03. The highest BCUT2D eigenvalue weighted by Gasteiger charge is 2.34. The lowest BCUT2D eigenvalue weighted by molar-refractivity contribution is -0.133. The molecule has 2 aromatic carbocycles. The van der Waals surface area contributed by atoms with Crippen LogP contribution in [-0.4, -0.2) is 23.3 Å². The highest BCUT2D eigenvalue weighted by molar-refractivity contribution is 9.10. The Kier molecular flexibility index (Phi) is 5.30. The quantitative estimate of drug-likeness (QED) is 0.773. The zero-order valence-electron chi connectivity index (χ0n) is 15.2. The standard InChI is InChI=1S/C22H23BrN2O2/c23-20-4-2-1-3-16(20)8-10-21(26)24-19-9-7-15-11-12-25(14-18(15)13-19)22(27)17-5-6-17/h1-4,7,9,13,17H,5-6,8,10-12,14H2,(H,24,26). The van der Waals surface area contributed by atoms with Gasteiger partial charge in [0.15, 0.2) is 0 Å². The van der Waals surface area contributed by atoms with Gasteiger partial charge in [0, 0.05) is 35.6 Å². The summed E-state index contributed by atoms with van der Waals surface area (Å²) in [5.41, 5.74) is 4.37. The number of rotatable bonds is 5. The van der Waals surface area contributed by atoms with Gasteiger partial charge < -0.3 is 10.2 Å². The molecule has 0 spiro atoms. The third-order valence-electron chi connectivity index (χ3n) is 5.32. The van der Waals surface area contributed by atoms with Gasteiger partial charge in [-0.3, -0.25) is 9.59 Å². The summed E-state index contributed by atoms with van der Waals surface area (Å²) in [6.45, 7) is 1.46. The van der Waals surface area contributed by atoms with Crippen LogP contribution in [0.5, 0.6) is 0 Å². The molecule has 0 atom stereocenters. The molecule has 27 heavy (non-hydrogen) atoms. The van der Waals surface area contributed by atoms with Crippen LogP contribution in [0.3, 0.4) is 0 Å². The third kappa shape index (κ3) is 4.41. The summed E-state index contributed by atoms with van der Waals surface area (Å²) in [6, 6.07) is 14.0. The zero-order valence-corrected chi connectivity index (χ0v) is 16.8. The Hall–Kier alpha value is -2.14. The number of nitrogens with one attached hydrogen (secondary N) is 1. The molecule has 0 unspecified atom stereocenters. The fourth-order valence-corrected chi connectivity index (χ4v) is 4.07. The molecule has 0 bridgehead atoms. The van der Waals surface area contributed by atoms with Crippen molar-refractivity contribution < 1.29 is 9.59 Å². The van der Waals surface area contributed by atoms with E-state index in [0.717, 1.165) is 47.1 Å². The minimum Gasteiger partial charge on any atom is -0.338 e. The lowest BCUT2D eigenvalue weighted by Gasteiger charge is -2.29. The van der Waals surface area contributed by atoms with Crippen LogP contribution in [-0.2, 0) is 29.0 Å². The molecule has 2 aliphatic rings. The van der Waals surface area contributed by atoms with Crippen LogP contribution >= 0.6 is 15.9 Å². The predicted molar refractivity (Wildman–Crippen MR) is 109 cm³/mol. The van der Waals surface area contributed by atoms with E-state index in [9.17, 15) is 9.59 Å². The van der Waals surface area contributed by atoms with Crippen LogP contribution < -0.4 is 5.32 Å². The lowest BCUT2D eigenvalue weighted by Crippen LogP contribution is -2.36. The van der Waals surface area contributed by atoms with Gasteiger partial charge in [-0.2, -0.15) is 0 Å². The summed E-state index contributed by atoms with van der Waals surface area (Å²) in [4.78, 5) is 26.6. The van der Waals surface area contributed by atoms with E-state index < -0.39 is 0 Å². The number of fused-ring (bicyclic) bond motifs is 1. The number of nitrogens with zero attached hydrogens (tertiary/aromatic N) is 1. The molecule has 1 aliphatic heterocycles. The number of halogens is 1. The Labute approximate surface area is 168 Å². The highest BCUT2D eigenvalue weighted by atomic mass is 79.9. The van der Waals surface area contributed by atoms with Crippen molar-refractivity contribution in [3.05, 3.63) is 63.6 Å². The van der Waals surface area contributed by atoms with Crippen LogP contribution in [0.2, 0.25) is 0 Å². The van der Waals surface area contributed by atoms with Crippen molar-refractivity contribution in [2.75, 3.05) is 11.9 Å². The van der Waals surface area contributed by atoms with Crippen LogP contribution in [0.25, 0.3) is 0 Å². The summed E-state index contributed by atoms with van der Waals surface area (Å²) in [5, 5.41) is 3.00. The van der Waals surface area contributed by atoms with E-state index in [1.165, 1.54) is 5.56 Å². The molecule has 0 radical (unpaired) electrons. The van der Waals surface area contributed by atoms with Crippen molar-refractivity contribution in [3.8, 4) is 0 Å². The molecule has 1 aliphatic carbocycles. The molecule has 0 aromatic heterocycles. The second-order valence-electron chi connectivity index (χ2n) is 7.41. The van der Waals surface area contributed by atoms with Gasteiger partial charge in [-0.15, -0.1) is 0 Å². The predicted octanol–water partition coefficient (Wildman–Crippen LogP) is 4.32. The number of anilines is 1. The van der Waals surface area contributed by atoms with E-state index in [1.54, 1.807) is 0 Å². The van der Waals surface area contributed by atoms with Crippen molar-refractivity contribution in [2.24, 2.45) is 5.92 Å². The molecule has 0 saturated heterocycles. The van der Waals surface area contributed by atoms with E-state index >= 15 is 0 Å². The summed E-state index contributed by atoms with van der Waals surface area (Å²) >= 11 is 3.52. The molecular formula is C22H23BrN2O2. The van der Waals surface area contributed by atoms with E-state index in [-0.39, 0.29) is 11.8 Å². The maximum Gasteiger partial charge on any atom is 0.225 e. The monoisotopic (exact) mass is 426 g/mol. The molecule has 1 saturated carbocycles. The Bertz CT molecular complexity index is 876. The number of carbonyl (C=O) groups excluding carboxylic acids is 2. The third-order valence-corrected chi connectivity index (χ3v) is 6.09. The number of carbonyl (C=O) groups is 2. The van der Waals surface area contributed by atoms with Gasteiger partial charge in [-0.05, 0) is 60.6 Å². The van der Waals surface area contributed by atoms with Gasteiger partial charge in [0.2, 0.25) is 11.8 Å². The first-order valence-corrected chi connectivity index (χ1v) is 10.3. The van der Waals surface area contributed by atoms with Gasteiger partial charge in [0.05, 0.1) is 0 Å². The van der Waals surface area contributed by atoms with E-state index in [0.29, 0.717) is 25.3 Å². The summed E-state index contributed by atoms with van der Waals surface area (Å²) in [7, 11) is 0. The SMILES string of the molecule is O=C(CCc1ccccc1Br)Nc1ccc2c(c1)CN(C(=O)C1CC1)CC2. The molecule has 1 fully saturated rings.